The Morgan fingerprint density at radius 2 is 1.97 bits per heavy atom. The summed E-state index contributed by atoms with van der Waals surface area (Å²) in [5.41, 5.74) is 5.28. The summed E-state index contributed by atoms with van der Waals surface area (Å²) >= 11 is 5.69. The fraction of sp³-hybridized carbons (Fsp3) is 0.320. The monoisotopic (exact) mass is 464 g/mol. The molecule has 3 aromatic rings. The SMILES string of the molecule is COC(=O)c1ccccc1-n1c(C)cc([C@H]2[C@@H](c3ccccn3)NC(=S)N2CCCO)c1C. The number of aryl methyl sites for hydroxylation is 1. The van der Waals surface area contributed by atoms with Gasteiger partial charge in [-0.3, -0.25) is 4.98 Å². The second-order valence-electron chi connectivity index (χ2n) is 8.07. The van der Waals surface area contributed by atoms with Crippen LogP contribution in [0.1, 0.15) is 51.5 Å². The summed E-state index contributed by atoms with van der Waals surface area (Å²) < 4.78 is 7.10. The number of hydrogen-bond acceptors (Lipinski definition) is 5. The van der Waals surface area contributed by atoms with Crippen molar-refractivity contribution in [2.24, 2.45) is 0 Å². The van der Waals surface area contributed by atoms with E-state index < -0.39 is 0 Å². The number of thiocarbonyl (C=S) groups is 1. The molecule has 0 spiro atoms. The molecule has 0 radical (unpaired) electrons. The van der Waals surface area contributed by atoms with Gasteiger partial charge < -0.3 is 24.6 Å². The molecule has 33 heavy (non-hydrogen) atoms. The Labute approximate surface area is 199 Å². The van der Waals surface area contributed by atoms with Crippen molar-refractivity contribution in [2.75, 3.05) is 20.3 Å². The molecule has 172 valence electrons. The predicted octanol–water partition coefficient (Wildman–Crippen LogP) is 3.63. The van der Waals surface area contributed by atoms with Gasteiger partial charge in [-0.2, -0.15) is 0 Å². The van der Waals surface area contributed by atoms with Crippen LogP contribution in [0.2, 0.25) is 0 Å². The molecule has 2 aromatic heterocycles. The molecule has 4 rings (SSSR count). The van der Waals surface area contributed by atoms with Gasteiger partial charge in [0.2, 0.25) is 0 Å². The maximum absolute atomic E-state index is 12.4. The number of benzene rings is 1. The molecule has 8 heteroatoms. The van der Waals surface area contributed by atoms with E-state index in [9.17, 15) is 9.90 Å². The zero-order chi connectivity index (χ0) is 23.5. The molecule has 1 fully saturated rings. The Hall–Kier alpha value is -3.23. The fourth-order valence-electron chi connectivity index (χ4n) is 4.63. The van der Waals surface area contributed by atoms with Crippen molar-refractivity contribution in [3.05, 3.63) is 82.9 Å². The fourth-order valence-corrected chi connectivity index (χ4v) is 4.97. The highest BCUT2D eigenvalue weighted by Gasteiger charge is 2.41. The second-order valence-corrected chi connectivity index (χ2v) is 8.45. The van der Waals surface area contributed by atoms with E-state index in [1.165, 1.54) is 7.11 Å². The highest BCUT2D eigenvalue weighted by Crippen LogP contribution is 2.41. The summed E-state index contributed by atoms with van der Waals surface area (Å²) in [4.78, 5) is 19.2. The van der Waals surface area contributed by atoms with Gasteiger partial charge in [-0.1, -0.05) is 18.2 Å². The minimum atomic E-state index is -0.376. The molecular formula is C25H28N4O3S. The number of hydrogen-bond donors (Lipinski definition) is 2. The van der Waals surface area contributed by atoms with Crippen molar-refractivity contribution < 1.29 is 14.6 Å². The molecule has 0 bridgehead atoms. The van der Waals surface area contributed by atoms with Gasteiger partial charge in [-0.05, 0) is 68.4 Å². The number of rotatable bonds is 7. The normalized spacial score (nSPS) is 17.8. The Kier molecular flexibility index (Phi) is 6.76. The number of esters is 1. The molecule has 1 aliphatic heterocycles. The van der Waals surface area contributed by atoms with Gasteiger partial charge in [0.25, 0.3) is 0 Å². The first kappa shape index (κ1) is 22.9. The van der Waals surface area contributed by atoms with E-state index in [1.807, 2.05) is 43.3 Å². The van der Waals surface area contributed by atoms with Crippen LogP contribution in [0.15, 0.2) is 54.7 Å². The molecule has 0 amide bonds. The first-order valence-electron chi connectivity index (χ1n) is 10.9. The van der Waals surface area contributed by atoms with Crippen molar-refractivity contribution in [3.63, 3.8) is 0 Å². The first-order chi connectivity index (χ1) is 16.0. The average molecular weight is 465 g/mol. The second kappa shape index (κ2) is 9.72. The number of nitrogens with one attached hydrogen (secondary N) is 1. The van der Waals surface area contributed by atoms with Crippen LogP contribution >= 0.6 is 12.2 Å². The standard InChI is InChI=1S/C25H28N4O3S/c1-16-15-19(17(2)29(16)21-11-5-4-9-18(21)24(31)32-3)23-22(20-10-6-7-12-26-20)27-25(33)28(23)13-8-14-30/h4-7,9-12,15,22-23,30H,8,13-14H2,1-3H3,(H,27,33)/t22-,23+/m1/s1. The summed E-state index contributed by atoms with van der Waals surface area (Å²) in [6, 6.07) is 15.2. The van der Waals surface area contributed by atoms with Crippen molar-refractivity contribution in [2.45, 2.75) is 32.4 Å². The van der Waals surface area contributed by atoms with Crippen LogP contribution in [0.4, 0.5) is 0 Å². The van der Waals surface area contributed by atoms with Gasteiger partial charge in [-0.25, -0.2) is 4.79 Å². The average Bonchev–Trinajstić information content (AvgIpc) is 3.32. The number of aliphatic hydroxyl groups excluding tert-OH is 1. The Balaban J connectivity index is 1.85. The summed E-state index contributed by atoms with van der Waals surface area (Å²) in [5.74, 6) is -0.376. The number of para-hydroxylation sites is 1. The van der Waals surface area contributed by atoms with Crippen LogP contribution in [0.5, 0.6) is 0 Å². The van der Waals surface area contributed by atoms with Crippen LogP contribution in [-0.4, -0.2) is 50.9 Å². The lowest BCUT2D eigenvalue weighted by Crippen LogP contribution is -2.31. The minimum Gasteiger partial charge on any atom is -0.465 e. The molecule has 0 aliphatic carbocycles. The minimum absolute atomic E-state index is 0.0889. The molecule has 7 nitrogen and oxygen atoms in total. The largest absolute Gasteiger partial charge is 0.465 e. The lowest BCUT2D eigenvalue weighted by atomic mass is 9.96. The summed E-state index contributed by atoms with van der Waals surface area (Å²) in [5, 5.41) is 13.5. The molecule has 0 unspecified atom stereocenters. The Morgan fingerprint density at radius 1 is 1.21 bits per heavy atom. The molecule has 0 saturated carbocycles. The van der Waals surface area contributed by atoms with Gasteiger partial charge in [0.05, 0.1) is 36.1 Å². The molecule has 1 saturated heterocycles. The third kappa shape index (κ3) is 4.24. The lowest BCUT2D eigenvalue weighted by Gasteiger charge is -2.28. The van der Waals surface area contributed by atoms with Gasteiger partial charge >= 0.3 is 5.97 Å². The first-order valence-corrected chi connectivity index (χ1v) is 11.3. The molecule has 3 heterocycles. The topological polar surface area (TPSA) is 79.6 Å². The summed E-state index contributed by atoms with van der Waals surface area (Å²) in [6.45, 7) is 4.79. The van der Waals surface area contributed by atoms with E-state index in [2.05, 4.69) is 32.8 Å². The third-order valence-corrected chi connectivity index (χ3v) is 6.45. The zero-order valence-corrected chi connectivity index (χ0v) is 19.8. The molecule has 2 N–H and O–H groups in total. The number of nitrogens with zero attached hydrogens (tertiary/aromatic N) is 3. The van der Waals surface area contributed by atoms with Crippen molar-refractivity contribution >= 4 is 23.3 Å². The number of ether oxygens (including phenoxy) is 1. The van der Waals surface area contributed by atoms with E-state index in [1.54, 1.807) is 12.3 Å². The van der Waals surface area contributed by atoms with Crippen molar-refractivity contribution in [3.8, 4) is 5.69 Å². The van der Waals surface area contributed by atoms with Gasteiger partial charge in [-0.15, -0.1) is 0 Å². The number of aliphatic hydroxyl groups is 1. The highest BCUT2D eigenvalue weighted by molar-refractivity contribution is 7.80. The van der Waals surface area contributed by atoms with Crippen LogP contribution in [0.25, 0.3) is 5.69 Å². The molecular weight excluding hydrogens is 436 g/mol. The number of methoxy groups -OCH3 is 1. The number of carbonyl (C=O) groups excluding carboxylic acids is 1. The molecule has 1 aromatic carbocycles. The third-order valence-electron chi connectivity index (χ3n) is 6.09. The maximum atomic E-state index is 12.4. The summed E-state index contributed by atoms with van der Waals surface area (Å²) in [6.07, 6.45) is 2.39. The lowest BCUT2D eigenvalue weighted by molar-refractivity contribution is 0.0600. The van der Waals surface area contributed by atoms with Crippen LogP contribution in [0, 0.1) is 13.8 Å². The highest BCUT2D eigenvalue weighted by atomic mass is 32.1. The van der Waals surface area contributed by atoms with E-state index in [0.717, 1.165) is 28.3 Å². The van der Waals surface area contributed by atoms with Crippen LogP contribution < -0.4 is 5.32 Å². The van der Waals surface area contributed by atoms with E-state index in [4.69, 9.17) is 17.0 Å². The smallest absolute Gasteiger partial charge is 0.339 e. The Morgan fingerprint density at radius 3 is 2.67 bits per heavy atom. The van der Waals surface area contributed by atoms with Gasteiger partial charge in [0.15, 0.2) is 5.11 Å². The van der Waals surface area contributed by atoms with Crippen molar-refractivity contribution in [1.29, 1.82) is 0 Å². The Bertz CT molecular complexity index is 1160. The maximum Gasteiger partial charge on any atom is 0.339 e. The van der Waals surface area contributed by atoms with E-state index in [0.29, 0.717) is 23.6 Å². The van der Waals surface area contributed by atoms with Crippen LogP contribution in [-0.2, 0) is 4.74 Å². The zero-order valence-electron chi connectivity index (χ0n) is 19.0. The quantitative estimate of drug-likeness (QED) is 0.408. The summed E-state index contributed by atoms with van der Waals surface area (Å²) in [7, 11) is 1.39. The van der Waals surface area contributed by atoms with Gasteiger partial charge in [0, 0.05) is 30.7 Å². The van der Waals surface area contributed by atoms with Gasteiger partial charge in [0.1, 0.15) is 0 Å². The van der Waals surface area contributed by atoms with Crippen molar-refractivity contribution in [1.82, 2.24) is 19.8 Å². The molecule has 2 atom stereocenters. The number of carbonyl (C=O) groups is 1. The molecule has 1 aliphatic rings. The predicted molar refractivity (Wildman–Crippen MR) is 130 cm³/mol. The van der Waals surface area contributed by atoms with Crippen LogP contribution in [0.3, 0.4) is 0 Å². The number of pyridine rings is 1. The number of aromatic nitrogens is 2. The van der Waals surface area contributed by atoms with E-state index in [-0.39, 0.29) is 24.7 Å². The van der Waals surface area contributed by atoms with E-state index >= 15 is 0 Å².